The van der Waals surface area contributed by atoms with E-state index < -0.39 is 19.9 Å². The Labute approximate surface area is 106 Å². The number of nitrogens with two attached hydrogens (primary N) is 1. The van der Waals surface area contributed by atoms with Gasteiger partial charge >= 0.3 is 0 Å². The molecule has 0 amide bonds. The smallest absolute Gasteiger partial charge is 0.246 e. The zero-order chi connectivity index (χ0) is 13.4. The highest BCUT2D eigenvalue weighted by Crippen LogP contribution is 2.22. The number of nitrogens with zero attached hydrogens (tertiary/aromatic N) is 2. The lowest BCUT2D eigenvalue weighted by Gasteiger charge is -2.26. The van der Waals surface area contributed by atoms with Crippen LogP contribution in [0.1, 0.15) is 0 Å². The SMILES string of the molecule is Nc1ccncc1S(=O)(=O)N1CCS(=O)(=O)CC1. The van der Waals surface area contributed by atoms with Gasteiger partial charge in [0.2, 0.25) is 10.0 Å². The number of anilines is 1. The van der Waals surface area contributed by atoms with Crippen LogP contribution in [0, 0.1) is 0 Å². The third-order valence-electron chi connectivity index (χ3n) is 2.74. The van der Waals surface area contributed by atoms with Gasteiger partial charge in [-0.3, -0.25) is 4.98 Å². The fourth-order valence-electron chi connectivity index (χ4n) is 1.68. The lowest BCUT2D eigenvalue weighted by atomic mass is 10.4. The molecule has 1 aliphatic heterocycles. The molecule has 2 N–H and O–H groups in total. The minimum absolute atomic E-state index is 0.0427. The van der Waals surface area contributed by atoms with Gasteiger partial charge in [-0.05, 0) is 6.07 Å². The Kier molecular flexibility index (Phi) is 3.30. The van der Waals surface area contributed by atoms with E-state index in [1.165, 1.54) is 18.5 Å². The van der Waals surface area contributed by atoms with Crippen molar-refractivity contribution in [2.45, 2.75) is 4.90 Å². The summed E-state index contributed by atoms with van der Waals surface area (Å²) in [6, 6.07) is 1.40. The molecular weight excluding hydrogens is 278 g/mol. The highest BCUT2D eigenvalue weighted by atomic mass is 32.2. The average molecular weight is 291 g/mol. The molecule has 1 aromatic heterocycles. The quantitative estimate of drug-likeness (QED) is 0.754. The summed E-state index contributed by atoms with van der Waals surface area (Å²) in [6.45, 7) is -0.0853. The molecule has 1 aromatic rings. The fourth-order valence-corrected chi connectivity index (χ4v) is 4.62. The van der Waals surface area contributed by atoms with E-state index in [1.807, 2.05) is 0 Å². The molecule has 1 saturated heterocycles. The van der Waals surface area contributed by atoms with Gasteiger partial charge in [-0.2, -0.15) is 4.31 Å². The minimum Gasteiger partial charge on any atom is -0.398 e. The van der Waals surface area contributed by atoms with E-state index in [1.54, 1.807) is 0 Å². The molecule has 1 aliphatic rings. The number of sulfone groups is 1. The molecule has 7 nitrogen and oxygen atoms in total. The van der Waals surface area contributed by atoms with Crippen LogP contribution in [0.15, 0.2) is 23.4 Å². The maximum absolute atomic E-state index is 12.2. The van der Waals surface area contributed by atoms with Gasteiger partial charge in [0.05, 0.1) is 17.2 Å². The van der Waals surface area contributed by atoms with Crippen LogP contribution in [0.3, 0.4) is 0 Å². The molecule has 100 valence electrons. The molecule has 1 fully saturated rings. The minimum atomic E-state index is -3.76. The zero-order valence-electron chi connectivity index (χ0n) is 9.48. The predicted molar refractivity (Wildman–Crippen MR) is 66.1 cm³/mol. The van der Waals surface area contributed by atoms with Gasteiger partial charge in [-0.25, -0.2) is 16.8 Å². The summed E-state index contributed by atoms with van der Waals surface area (Å²) in [5, 5.41) is 0. The molecule has 2 rings (SSSR count). The van der Waals surface area contributed by atoms with E-state index in [0.717, 1.165) is 4.31 Å². The Hall–Kier alpha value is -1.19. The normalized spacial score (nSPS) is 20.7. The Morgan fingerprint density at radius 3 is 2.44 bits per heavy atom. The van der Waals surface area contributed by atoms with E-state index in [4.69, 9.17) is 5.73 Å². The topological polar surface area (TPSA) is 110 Å². The number of nitrogen functional groups attached to an aromatic ring is 1. The molecule has 0 spiro atoms. The second-order valence-corrected chi connectivity index (χ2v) is 8.18. The first-order chi connectivity index (χ1) is 8.33. The van der Waals surface area contributed by atoms with Crippen molar-refractivity contribution in [3.8, 4) is 0 Å². The standard InChI is InChI=1S/C9H13N3O4S2/c10-8-1-2-11-7-9(8)18(15,16)12-3-5-17(13,14)6-4-12/h1-2,7H,3-6H2,(H2,10,11). The Bertz CT molecular complexity index is 640. The maximum Gasteiger partial charge on any atom is 0.246 e. The lowest BCUT2D eigenvalue weighted by Crippen LogP contribution is -2.43. The molecule has 0 aliphatic carbocycles. The van der Waals surface area contributed by atoms with Crippen molar-refractivity contribution >= 4 is 25.5 Å². The Morgan fingerprint density at radius 2 is 1.89 bits per heavy atom. The molecule has 0 bridgehead atoms. The van der Waals surface area contributed by atoms with Crippen LogP contribution in [0.4, 0.5) is 5.69 Å². The van der Waals surface area contributed by atoms with Crippen molar-refractivity contribution in [3.05, 3.63) is 18.5 Å². The number of rotatable bonds is 2. The van der Waals surface area contributed by atoms with E-state index in [2.05, 4.69) is 4.98 Å². The van der Waals surface area contributed by atoms with Gasteiger partial charge in [0.1, 0.15) is 4.90 Å². The molecule has 0 aromatic carbocycles. The van der Waals surface area contributed by atoms with Crippen molar-refractivity contribution in [2.24, 2.45) is 0 Å². The molecular formula is C9H13N3O4S2. The second kappa shape index (κ2) is 4.48. The van der Waals surface area contributed by atoms with E-state index >= 15 is 0 Å². The van der Waals surface area contributed by atoms with E-state index in [0.29, 0.717) is 0 Å². The number of hydrogen-bond acceptors (Lipinski definition) is 6. The third-order valence-corrected chi connectivity index (χ3v) is 6.29. The average Bonchev–Trinajstić information content (AvgIpc) is 2.28. The highest BCUT2D eigenvalue weighted by molar-refractivity contribution is 7.92. The molecule has 2 heterocycles. The van der Waals surface area contributed by atoms with Crippen molar-refractivity contribution < 1.29 is 16.8 Å². The molecule has 0 saturated carbocycles. The van der Waals surface area contributed by atoms with E-state index in [-0.39, 0.29) is 35.2 Å². The number of hydrogen-bond donors (Lipinski definition) is 1. The number of pyridine rings is 1. The van der Waals surface area contributed by atoms with Gasteiger partial charge in [0.15, 0.2) is 9.84 Å². The summed E-state index contributed by atoms with van der Waals surface area (Å²) in [4.78, 5) is 3.65. The zero-order valence-corrected chi connectivity index (χ0v) is 11.1. The number of aromatic nitrogens is 1. The van der Waals surface area contributed by atoms with Crippen LogP contribution in [-0.2, 0) is 19.9 Å². The van der Waals surface area contributed by atoms with Crippen molar-refractivity contribution in [3.63, 3.8) is 0 Å². The van der Waals surface area contributed by atoms with Crippen LogP contribution < -0.4 is 5.73 Å². The fraction of sp³-hybridized carbons (Fsp3) is 0.444. The van der Waals surface area contributed by atoms with Gasteiger partial charge in [-0.1, -0.05) is 0 Å². The summed E-state index contributed by atoms with van der Waals surface area (Å²) >= 11 is 0. The summed E-state index contributed by atoms with van der Waals surface area (Å²) in [5.41, 5.74) is 5.71. The first-order valence-electron chi connectivity index (χ1n) is 5.23. The van der Waals surface area contributed by atoms with Crippen LogP contribution in [0.5, 0.6) is 0 Å². The number of sulfonamides is 1. The van der Waals surface area contributed by atoms with Crippen LogP contribution in [-0.4, -0.2) is 50.7 Å². The summed E-state index contributed by atoms with van der Waals surface area (Å²) in [7, 11) is -6.88. The third kappa shape index (κ3) is 2.47. The van der Waals surface area contributed by atoms with Crippen LogP contribution in [0.25, 0.3) is 0 Å². The summed E-state index contributed by atoms with van der Waals surface area (Å²) in [6.07, 6.45) is 2.57. The van der Waals surface area contributed by atoms with Crippen LogP contribution >= 0.6 is 0 Å². The van der Waals surface area contributed by atoms with Gasteiger partial charge in [-0.15, -0.1) is 0 Å². The molecule has 9 heteroatoms. The Morgan fingerprint density at radius 1 is 1.28 bits per heavy atom. The molecule has 0 atom stereocenters. The lowest BCUT2D eigenvalue weighted by molar-refractivity contribution is 0.431. The van der Waals surface area contributed by atoms with Crippen LogP contribution in [0.2, 0.25) is 0 Å². The molecule has 0 radical (unpaired) electrons. The largest absolute Gasteiger partial charge is 0.398 e. The summed E-state index contributed by atoms with van der Waals surface area (Å²) < 4.78 is 48.1. The van der Waals surface area contributed by atoms with Gasteiger partial charge < -0.3 is 5.73 Å². The maximum atomic E-state index is 12.2. The Balaban J connectivity index is 2.31. The van der Waals surface area contributed by atoms with Crippen molar-refractivity contribution in [2.75, 3.05) is 30.3 Å². The monoisotopic (exact) mass is 291 g/mol. The predicted octanol–water partition coefficient (Wildman–Crippen LogP) is -0.917. The highest BCUT2D eigenvalue weighted by Gasteiger charge is 2.32. The van der Waals surface area contributed by atoms with Gasteiger partial charge in [0.25, 0.3) is 0 Å². The second-order valence-electron chi connectivity index (χ2n) is 3.97. The van der Waals surface area contributed by atoms with Crippen molar-refractivity contribution in [1.82, 2.24) is 9.29 Å². The summed E-state index contributed by atoms with van der Waals surface area (Å²) in [5.74, 6) is -0.321. The van der Waals surface area contributed by atoms with E-state index in [9.17, 15) is 16.8 Å². The first-order valence-corrected chi connectivity index (χ1v) is 8.49. The molecule has 0 unspecified atom stereocenters. The first kappa shape index (κ1) is 13.2. The molecule has 18 heavy (non-hydrogen) atoms. The van der Waals surface area contributed by atoms with Gasteiger partial charge in [0, 0.05) is 25.5 Å². The van der Waals surface area contributed by atoms with Crippen molar-refractivity contribution in [1.29, 1.82) is 0 Å².